The van der Waals surface area contributed by atoms with Crippen molar-refractivity contribution >= 4 is 15.7 Å². The second-order valence-corrected chi connectivity index (χ2v) is 8.11. The molecule has 2 aliphatic heterocycles. The molecule has 0 amide bonds. The van der Waals surface area contributed by atoms with Gasteiger partial charge in [-0.25, -0.2) is 8.42 Å². The Morgan fingerprint density at radius 3 is 2.48 bits per heavy atom. The highest BCUT2D eigenvalue weighted by Gasteiger charge is 2.64. The summed E-state index contributed by atoms with van der Waals surface area (Å²) in [6.45, 7) is 2.02. The standard InChI is InChI=1S/C17H18N2O3S/c1-16-17(20,14-9-5-6-10-15(14)18-16)11-12-19(16)23(21,22)13-7-3-2-4-8-13/h2-10,18,20H,11-12H2,1H3/t16-,17+/m0/s1. The maximum absolute atomic E-state index is 13.1. The van der Waals surface area contributed by atoms with E-state index in [9.17, 15) is 13.5 Å². The smallest absolute Gasteiger partial charge is 0.245 e. The van der Waals surface area contributed by atoms with Gasteiger partial charge in [-0.15, -0.1) is 0 Å². The van der Waals surface area contributed by atoms with Crippen LogP contribution in [0.5, 0.6) is 0 Å². The van der Waals surface area contributed by atoms with E-state index in [0.29, 0.717) is 6.42 Å². The number of hydrogen-bond acceptors (Lipinski definition) is 4. The fourth-order valence-electron chi connectivity index (χ4n) is 3.79. The molecule has 0 saturated carbocycles. The molecule has 0 spiro atoms. The first-order chi connectivity index (χ1) is 10.9. The highest BCUT2D eigenvalue weighted by molar-refractivity contribution is 7.89. The van der Waals surface area contributed by atoms with Crippen LogP contribution >= 0.6 is 0 Å². The maximum Gasteiger partial charge on any atom is 0.245 e. The average Bonchev–Trinajstić information content (AvgIpc) is 2.93. The van der Waals surface area contributed by atoms with E-state index in [-0.39, 0.29) is 11.4 Å². The van der Waals surface area contributed by atoms with E-state index in [4.69, 9.17) is 0 Å². The Morgan fingerprint density at radius 2 is 1.74 bits per heavy atom. The van der Waals surface area contributed by atoms with Gasteiger partial charge in [-0.1, -0.05) is 36.4 Å². The molecule has 2 atom stereocenters. The van der Waals surface area contributed by atoms with Gasteiger partial charge in [-0.3, -0.25) is 0 Å². The second-order valence-electron chi connectivity index (χ2n) is 6.24. The van der Waals surface area contributed by atoms with E-state index in [1.54, 1.807) is 37.3 Å². The van der Waals surface area contributed by atoms with Crippen LogP contribution in [-0.2, 0) is 15.6 Å². The van der Waals surface area contributed by atoms with E-state index in [0.717, 1.165) is 11.3 Å². The average molecular weight is 330 g/mol. The number of rotatable bonds is 2. The van der Waals surface area contributed by atoms with Crippen molar-refractivity contribution in [3.63, 3.8) is 0 Å². The van der Waals surface area contributed by atoms with Crippen LogP contribution in [0.2, 0.25) is 0 Å². The third-order valence-electron chi connectivity index (χ3n) is 5.06. The minimum atomic E-state index is -3.70. The lowest BCUT2D eigenvalue weighted by atomic mass is 9.86. The van der Waals surface area contributed by atoms with Crippen LogP contribution in [-0.4, -0.2) is 30.0 Å². The first-order valence-electron chi connectivity index (χ1n) is 7.58. The molecule has 5 nitrogen and oxygen atoms in total. The molecule has 2 aromatic carbocycles. The van der Waals surface area contributed by atoms with E-state index in [1.807, 2.05) is 24.3 Å². The Labute approximate surface area is 135 Å². The maximum atomic E-state index is 13.1. The monoisotopic (exact) mass is 330 g/mol. The van der Waals surface area contributed by atoms with Crippen molar-refractivity contribution in [3.05, 3.63) is 60.2 Å². The van der Waals surface area contributed by atoms with Crippen molar-refractivity contribution in [3.8, 4) is 0 Å². The molecule has 2 aliphatic rings. The van der Waals surface area contributed by atoms with Crippen molar-refractivity contribution in [2.75, 3.05) is 11.9 Å². The Balaban J connectivity index is 1.84. The van der Waals surface area contributed by atoms with Gasteiger partial charge < -0.3 is 10.4 Å². The first-order valence-corrected chi connectivity index (χ1v) is 9.02. The predicted octanol–water partition coefficient (Wildman–Crippen LogP) is 2.11. The summed E-state index contributed by atoms with van der Waals surface area (Å²) in [7, 11) is -3.70. The molecular formula is C17H18N2O3S. The van der Waals surface area contributed by atoms with Gasteiger partial charge in [0, 0.05) is 17.8 Å². The number of anilines is 1. The minimum Gasteiger partial charge on any atom is -0.381 e. The van der Waals surface area contributed by atoms with Gasteiger partial charge in [0.05, 0.1) is 4.90 Å². The minimum absolute atomic E-state index is 0.239. The van der Waals surface area contributed by atoms with Crippen LogP contribution < -0.4 is 5.32 Å². The molecule has 0 unspecified atom stereocenters. The second kappa shape index (κ2) is 4.56. The third-order valence-corrected chi connectivity index (χ3v) is 7.06. The lowest BCUT2D eigenvalue weighted by Crippen LogP contribution is -2.57. The molecule has 0 bridgehead atoms. The quantitative estimate of drug-likeness (QED) is 0.885. The van der Waals surface area contributed by atoms with Crippen LogP contribution in [0.3, 0.4) is 0 Å². The van der Waals surface area contributed by atoms with Crippen LogP contribution in [0.1, 0.15) is 18.9 Å². The van der Waals surface area contributed by atoms with E-state index >= 15 is 0 Å². The fraction of sp³-hybridized carbons (Fsp3) is 0.294. The molecular weight excluding hydrogens is 312 g/mol. The van der Waals surface area contributed by atoms with Gasteiger partial charge in [0.15, 0.2) is 0 Å². The highest BCUT2D eigenvalue weighted by Crippen LogP contribution is 2.54. The summed E-state index contributed by atoms with van der Waals surface area (Å²) in [6.07, 6.45) is 0.361. The van der Waals surface area contributed by atoms with Gasteiger partial charge in [0.2, 0.25) is 10.0 Å². The summed E-state index contributed by atoms with van der Waals surface area (Å²) in [6, 6.07) is 15.8. The third kappa shape index (κ3) is 1.77. The number of para-hydroxylation sites is 1. The summed E-state index contributed by atoms with van der Waals surface area (Å²) < 4.78 is 27.5. The van der Waals surface area contributed by atoms with Crippen LogP contribution in [0.4, 0.5) is 5.69 Å². The normalized spacial score (nSPS) is 29.8. The van der Waals surface area contributed by atoms with Gasteiger partial charge in [-0.2, -0.15) is 4.31 Å². The lowest BCUT2D eigenvalue weighted by molar-refractivity contribution is -0.0152. The number of aliphatic hydroxyl groups is 1. The number of nitrogens with one attached hydrogen (secondary N) is 1. The van der Waals surface area contributed by atoms with Crippen LogP contribution in [0, 0.1) is 0 Å². The fourth-order valence-corrected chi connectivity index (χ4v) is 5.56. The summed E-state index contributed by atoms with van der Waals surface area (Å²) in [5.41, 5.74) is -0.782. The number of benzene rings is 2. The van der Waals surface area contributed by atoms with Crippen molar-refractivity contribution in [1.29, 1.82) is 0 Å². The summed E-state index contributed by atoms with van der Waals surface area (Å²) in [5.74, 6) is 0. The van der Waals surface area contributed by atoms with Crippen LogP contribution in [0.15, 0.2) is 59.5 Å². The molecule has 4 rings (SSSR count). The Hall–Kier alpha value is -1.89. The van der Waals surface area contributed by atoms with E-state index < -0.39 is 21.3 Å². The van der Waals surface area contributed by atoms with E-state index in [1.165, 1.54) is 4.31 Å². The topological polar surface area (TPSA) is 69.6 Å². The molecule has 2 aromatic rings. The van der Waals surface area contributed by atoms with Crippen molar-refractivity contribution in [2.24, 2.45) is 0 Å². The Kier molecular flexibility index (Phi) is 2.91. The molecule has 2 N–H and O–H groups in total. The lowest BCUT2D eigenvalue weighted by Gasteiger charge is -2.38. The molecule has 0 aliphatic carbocycles. The summed E-state index contributed by atoms with van der Waals surface area (Å²) in [5, 5.41) is 14.5. The molecule has 0 aromatic heterocycles. The largest absolute Gasteiger partial charge is 0.381 e. The molecule has 6 heteroatoms. The summed E-state index contributed by atoms with van der Waals surface area (Å²) in [4.78, 5) is 0.239. The number of hydrogen-bond donors (Lipinski definition) is 2. The number of sulfonamides is 1. The van der Waals surface area contributed by atoms with Crippen molar-refractivity contribution in [1.82, 2.24) is 4.31 Å². The number of nitrogens with zero attached hydrogens (tertiary/aromatic N) is 1. The van der Waals surface area contributed by atoms with Gasteiger partial charge in [0.1, 0.15) is 11.3 Å². The zero-order valence-corrected chi connectivity index (χ0v) is 13.5. The van der Waals surface area contributed by atoms with Gasteiger partial charge >= 0.3 is 0 Å². The summed E-state index contributed by atoms with van der Waals surface area (Å²) >= 11 is 0. The zero-order valence-electron chi connectivity index (χ0n) is 12.7. The van der Waals surface area contributed by atoms with E-state index in [2.05, 4.69) is 5.32 Å². The van der Waals surface area contributed by atoms with Crippen LogP contribution in [0.25, 0.3) is 0 Å². The highest BCUT2D eigenvalue weighted by atomic mass is 32.2. The predicted molar refractivity (Wildman–Crippen MR) is 87.3 cm³/mol. The molecule has 1 fully saturated rings. The molecule has 1 saturated heterocycles. The molecule has 120 valence electrons. The number of fused-ring (bicyclic) bond motifs is 3. The van der Waals surface area contributed by atoms with Crippen molar-refractivity contribution in [2.45, 2.75) is 29.5 Å². The first kappa shape index (κ1) is 14.7. The zero-order chi connectivity index (χ0) is 16.3. The van der Waals surface area contributed by atoms with Crippen molar-refractivity contribution < 1.29 is 13.5 Å². The Morgan fingerprint density at radius 1 is 1.09 bits per heavy atom. The molecule has 2 heterocycles. The SMILES string of the molecule is C[C@@]12Nc3ccccc3[C@]1(O)CCN2S(=O)(=O)c1ccccc1. The molecule has 23 heavy (non-hydrogen) atoms. The van der Waals surface area contributed by atoms with Gasteiger partial charge in [-0.05, 0) is 31.5 Å². The Bertz CT molecular complexity index is 868. The van der Waals surface area contributed by atoms with Gasteiger partial charge in [0.25, 0.3) is 0 Å². The molecule has 0 radical (unpaired) electrons.